The van der Waals surface area contributed by atoms with Crippen LogP contribution in [0, 0.1) is 0 Å². The first-order chi connectivity index (χ1) is 12.8. The highest BCUT2D eigenvalue weighted by atomic mass is 16.1. The Bertz CT molecular complexity index is 981. The standard InChI is InChI=1S/C25H18O/c26-25-18-15-21-13-7-8-14-23(21)24(25)17-16-22(19-9-3-1-4-10-19)20-11-5-2-6-12-20/h1-18H. The van der Waals surface area contributed by atoms with E-state index in [9.17, 15) is 4.79 Å². The molecule has 0 spiro atoms. The molecule has 124 valence electrons. The molecule has 0 atom stereocenters. The van der Waals surface area contributed by atoms with Crippen molar-refractivity contribution in [1.29, 1.82) is 0 Å². The average Bonchev–Trinajstić information content (AvgIpc) is 2.71. The SMILES string of the molecule is O=C1C=Cc2ccccc2C1=CC=C(c1ccccc1)c1ccccc1. The molecule has 0 fully saturated rings. The van der Waals surface area contributed by atoms with Crippen molar-refractivity contribution in [3.8, 4) is 0 Å². The molecule has 0 aromatic heterocycles. The topological polar surface area (TPSA) is 17.1 Å². The molecule has 0 radical (unpaired) electrons. The first-order valence-electron chi connectivity index (χ1n) is 8.67. The lowest BCUT2D eigenvalue weighted by Gasteiger charge is -2.13. The van der Waals surface area contributed by atoms with E-state index < -0.39 is 0 Å². The zero-order valence-corrected chi connectivity index (χ0v) is 14.3. The molecule has 0 saturated heterocycles. The molecule has 26 heavy (non-hydrogen) atoms. The highest BCUT2D eigenvalue weighted by Gasteiger charge is 2.16. The Hall–Kier alpha value is -3.45. The van der Waals surface area contributed by atoms with E-state index in [0.29, 0.717) is 0 Å². The quantitative estimate of drug-likeness (QED) is 0.553. The summed E-state index contributed by atoms with van der Waals surface area (Å²) in [5.74, 6) is 0.0421. The summed E-state index contributed by atoms with van der Waals surface area (Å²) in [7, 11) is 0. The molecule has 1 aliphatic carbocycles. The number of hydrogen-bond donors (Lipinski definition) is 0. The Morgan fingerprint density at radius 2 is 1.23 bits per heavy atom. The largest absolute Gasteiger partial charge is 0.289 e. The molecular formula is C25H18O. The van der Waals surface area contributed by atoms with Crippen LogP contribution in [0.3, 0.4) is 0 Å². The van der Waals surface area contributed by atoms with Crippen LogP contribution in [-0.4, -0.2) is 5.78 Å². The van der Waals surface area contributed by atoms with Crippen molar-refractivity contribution < 1.29 is 4.79 Å². The Balaban J connectivity index is 1.85. The van der Waals surface area contributed by atoms with E-state index in [-0.39, 0.29) is 5.78 Å². The van der Waals surface area contributed by atoms with E-state index >= 15 is 0 Å². The molecule has 0 amide bonds. The maximum atomic E-state index is 12.5. The van der Waals surface area contributed by atoms with E-state index in [1.54, 1.807) is 6.08 Å². The van der Waals surface area contributed by atoms with Gasteiger partial charge in [-0.25, -0.2) is 0 Å². The van der Waals surface area contributed by atoms with Crippen molar-refractivity contribution in [3.63, 3.8) is 0 Å². The maximum absolute atomic E-state index is 12.5. The first kappa shape index (κ1) is 16.0. The van der Waals surface area contributed by atoms with Gasteiger partial charge in [-0.05, 0) is 40.0 Å². The summed E-state index contributed by atoms with van der Waals surface area (Å²) in [4.78, 5) is 12.5. The molecular weight excluding hydrogens is 316 g/mol. The van der Waals surface area contributed by atoms with Gasteiger partial charge in [0.05, 0.1) is 0 Å². The van der Waals surface area contributed by atoms with Gasteiger partial charge in [0.1, 0.15) is 0 Å². The van der Waals surface area contributed by atoms with Crippen molar-refractivity contribution in [1.82, 2.24) is 0 Å². The molecule has 0 saturated carbocycles. The van der Waals surface area contributed by atoms with Gasteiger partial charge in [0.15, 0.2) is 5.78 Å². The fourth-order valence-corrected chi connectivity index (χ4v) is 3.21. The van der Waals surface area contributed by atoms with Gasteiger partial charge in [0, 0.05) is 5.57 Å². The highest BCUT2D eigenvalue weighted by Crippen LogP contribution is 2.28. The van der Waals surface area contributed by atoms with Crippen LogP contribution in [0.5, 0.6) is 0 Å². The van der Waals surface area contributed by atoms with Crippen LogP contribution in [0.4, 0.5) is 0 Å². The zero-order valence-electron chi connectivity index (χ0n) is 14.3. The summed E-state index contributed by atoms with van der Waals surface area (Å²) in [5, 5.41) is 0. The van der Waals surface area contributed by atoms with Crippen molar-refractivity contribution in [3.05, 3.63) is 125 Å². The summed E-state index contributed by atoms with van der Waals surface area (Å²) in [6.07, 6.45) is 7.52. The molecule has 1 aliphatic rings. The molecule has 1 nitrogen and oxygen atoms in total. The van der Waals surface area contributed by atoms with E-state index in [2.05, 4.69) is 24.3 Å². The number of benzene rings is 3. The van der Waals surface area contributed by atoms with Crippen molar-refractivity contribution in [2.24, 2.45) is 0 Å². The molecule has 0 unspecified atom stereocenters. The van der Waals surface area contributed by atoms with Gasteiger partial charge in [0.25, 0.3) is 0 Å². The van der Waals surface area contributed by atoms with Crippen LogP contribution >= 0.6 is 0 Å². The number of hydrogen-bond acceptors (Lipinski definition) is 1. The van der Waals surface area contributed by atoms with Gasteiger partial charge in [-0.2, -0.15) is 0 Å². The van der Waals surface area contributed by atoms with Crippen LogP contribution in [-0.2, 0) is 4.79 Å². The second-order valence-electron chi connectivity index (χ2n) is 6.18. The normalized spacial score (nSPS) is 14.2. The number of fused-ring (bicyclic) bond motifs is 1. The van der Waals surface area contributed by atoms with Crippen LogP contribution in [0.2, 0.25) is 0 Å². The maximum Gasteiger partial charge on any atom is 0.186 e. The predicted octanol–water partition coefficient (Wildman–Crippen LogP) is 5.80. The average molecular weight is 334 g/mol. The minimum Gasteiger partial charge on any atom is -0.289 e. The van der Waals surface area contributed by atoms with E-state index in [4.69, 9.17) is 0 Å². The second kappa shape index (κ2) is 7.20. The lowest BCUT2D eigenvalue weighted by Crippen LogP contribution is -2.04. The van der Waals surface area contributed by atoms with Crippen molar-refractivity contribution in [2.45, 2.75) is 0 Å². The zero-order chi connectivity index (χ0) is 17.8. The third-order valence-corrected chi connectivity index (χ3v) is 4.52. The van der Waals surface area contributed by atoms with Gasteiger partial charge >= 0.3 is 0 Å². The monoisotopic (exact) mass is 334 g/mol. The lowest BCUT2D eigenvalue weighted by atomic mass is 9.90. The number of allylic oxidation sites excluding steroid dienone is 4. The van der Waals surface area contributed by atoms with Gasteiger partial charge in [-0.15, -0.1) is 0 Å². The Labute approximate surface area is 153 Å². The molecule has 3 aromatic rings. The molecule has 0 aliphatic heterocycles. The highest BCUT2D eigenvalue weighted by molar-refractivity contribution is 6.30. The first-order valence-corrected chi connectivity index (χ1v) is 8.67. The van der Waals surface area contributed by atoms with Crippen molar-refractivity contribution >= 4 is 23.0 Å². The third-order valence-electron chi connectivity index (χ3n) is 4.52. The Kier molecular flexibility index (Phi) is 4.44. The van der Waals surface area contributed by atoms with Crippen LogP contribution < -0.4 is 0 Å². The lowest BCUT2D eigenvalue weighted by molar-refractivity contribution is -0.109. The predicted molar refractivity (Wildman–Crippen MR) is 108 cm³/mol. The number of rotatable bonds is 3. The van der Waals surface area contributed by atoms with E-state index in [0.717, 1.165) is 33.4 Å². The molecule has 0 bridgehead atoms. The van der Waals surface area contributed by atoms with Gasteiger partial charge in [-0.1, -0.05) is 97.1 Å². The third kappa shape index (κ3) is 3.20. The second-order valence-corrected chi connectivity index (χ2v) is 6.18. The van der Waals surface area contributed by atoms with E-state index in [1.807, 2.05) is 78.9 Å². The molecule has 0 heterocycles. The van der Waals surface area contributed by atoms with Crippen LogP contribution in [0.15, 0.2) is 103 Å². The summed E-state index contributed by atoms with van der Waals surface area (Å²) in [5.41, 5.74) is 6.14. The fraction of sp³-hybridized carbons (Fsp3) is 0. The Morgan fingerprint density at radius 3 is 1.88 bits per heavy atom. The summed E-state index contributed by atoms with van der Waals surface area (Å²) in [6.45, 7) is 0. The van der Waals surface area contributed by atoms with Gasteiger partial charge < -0.3 is 0 Å². The van der Waals surface area contributed by atoms with Crippen LogP contribution in [0.1, 0.15) is 22.3 Å². The van der Waals surface area contributed by atoms with Gasteiger partial charge in [-0.3, -0.25) is 4.79 Å². The van der Waals surface area contributed by atoms with Crippen molar-refractivity contribution in [2.75, 3.05) is 0 Å². The fourth-order valence-electron chi connectivity index (χ4n) is 3.21. The minimum absolute atomic E-state index is 0.0421. The number of carbonyl (C=O) groups excluding carboxylic acids is 1. The molecule has 0 N–H and O–H groups in total. The molecule has 1 heteroatoms. The number of ketones is 1. The summed E-state index contributed by atoms with van der Waals surface area (Å²) >= 11 is 0. The minimum atomic E-state index is 0.0421. The van der Waals surface area contributed by atoms with E-state index in [1.165, 1.54) is 0 Å². The number of carbonyl (C=O) groups is 1. The molecule has 4 rings (SSSR count). The summed E-state index contributed by atoms with van der Waals surface area (Å²) < 4.78 is 0. The summed E-state index contributed by atoms with van der Waals surface area (Å²) in [6, 6.07) is 28.5. The smallest absolute Gasteiger partial charge is 0.186 e. The Morgan fingerprint density at radius 1 is 0.654 bits per heavy atom. The van der Waals surface area contributed by atoms with Crippen LogP contribution in [0.25, 0.3) is 17.2 Å². The van der Waals surface area contributed by atoms with Gasteiger partial charge in [0.2, 0.25) is 0 Å². The molecule has 3 aromatic carbocycles.